The van der Waals surface area contributed by atoms with Crippen LogP contribution in [0.25, 0.3) is 22.2 Å². The standard InChI is InChI=1S/C22H24F2N6O2/c1-12-25-10-19(32-12)13-2-3-14-9-27-21(28-18(14)6-13)29-22(31)30-16-4-5-17(30)8-15(7-16)26-11-20(23)24/h2-3,6,9-10,15-17,20,26H,4-5,7-8,11H2,1H3,(H,27,28,29,31)/t15?,16-,17?/m1/s1. The quantitative estimate of drug-likeness (QED) is 0.621. The SMILES string of the molecule is Cc1ncc(-c2ccc3cnc(NC(=O)N4C5CC[C@@H]4CC(NCC(F)F)C5)nc3c2)o1. The number of urea groups is 1. The van der Waals surface area contributed by atoms with Gasteiger partial charge in [0.15, 0.2) is 11.7 Å². The first-order valence-electron chi connectivity index (χ1n) is 10.8. The summed E-state index contributed by atoms with van der Waals surface area (Å²) in [4.78, 5) is 27.7. The van der Waals surface area contributed by atoms with Gasteiger partial charge in [0.2, 0.25) is 5.95 Å². The first-order chi connectivity index (χ1) is 15.5. The Labute approximate surface area is 183 Å². The normalized spacial score (nSPS) is 22.6. The lowest BCUT2D eigenvalue weighted by Gasteiger charge is -2.39. The second kappa shape index (κ2) is 8.42. The summed E-state index contributed by atoms with van der Waals surface area (Å²) in [5.74, 6) is 1.46. The highest BCUT2D eigenvalue weighted by molar-refractivity contribution is 5.90. The summed E-state index contributed by atoms with van der Waals surface area (Å²) in [6, 6.07) is 5.51. The number of rotatable bonds is 5. The molecule has 2 unspecified atom stereocenters. The third-order valence-electron chi connectivity index (χ3n) is 6.24. The van der Waals surface area contributed by atoms with Crippen molar-refractivity contribution in [2.24, 2.45) is 0 Å². The second-order valence-electron chi connectivity index (χ2n) is 8.40. The van der Waals surface area contributed by atoms with Gasteiger partial charge in [-0.3, -0.25) is 5.32 Å². The molecule has 2 N–H and O–H groups in total. The molecule has 2 fully saturated rings. The summed E-state index contributed by atoms with van der Waals surface area (Å²) in [6.07, 6.45) is 4.07. The minimum atomic E-state index is -2.37. The number of nitrogens with zero attached hydrogens (tertiary/aromatic N) is 4. The number of amides is 2. The summed E-state index contributed by atoms with van der Waals surface area (Å²) in [7, 11) is 0. The van der Waals surface area contributed by atoms with Gasteiger partial charge in [-0.15, -0.1) is 0 Å². The zero-order valence-corrected chi connectivity index (χ0v) is 17.6. The summed E-state index contributed by atoms with van der Waals surface area (Å²) >= 11 is 0. The van der Waals surface area contributed by atoms with Gasteiger partial charge >= 0.3 is 6.03 Å². The van der Waals surface area contributed by atoms with Crippen LogP contribution in [0.3, 0.4) is 0 Å². The fourth-order valence-electron chi connectivity index (χ4n) is 4.82. The Hall–Kier alpha value is -3.14. The van der Waals surface area contributed by atoms with Crippen molar-refractivity contribution in [3.8, 4) is 11.3 Å². The largest absolute Gasteiger partial charge is 0.441 e. The number of carbonyl (C=O) groups excluding carboxylic acids is 1. The Kier molecular flexibility index (Phi) is 5.46. The van der Waals surface area contributed by atoms with E-state index >= 15 is 0 Å². The lowest BCUT2D eigenvalue weighted by atomic mass is 9.97. The van der Waals surface area contributed by atoms with Crippen molar-refractivity contribution in [2.45, 2.75) is 57.2 Å². The molecule has 2 aliphatic heterocycles. The molecule has 5 rings (SSSR count). The molecule has 1 aromatic carbocycles. The number of carbonyl (C=O) groups is 1. The van der Waals surface area contributed by atoms with Gasteiger partial charge in [-0.25, -0.2) is 28.5 Å². The van der Waals surface area contributed by atoms with Crippen molar-refractivity contribution >= 4 is 22.9 Å². The van der Waals surface area contributed by atoms with E-state index in [1.807, 2.05) is 23.1 Å². The van der Waals surface area contributed by atoms with E-state index < -0.39 is 6.43 Å². The van der Waals surface area contributed by atoms with Crippen LogP contribution in [0, 0.1) is 6.92 Å². The van der Waals surface area contributed by atoms with Crippen molar-refractivity contribution in [3.63, 3.8) is 0 Å². The topological polar surface area (TPSA) is 96.2 Å². The minimum Gasteiger partial charge on any atom is -0.441 e. The van der Waals surface area contributed by atoms with Crippen molar-refractivity contribution in [2.75, 3.05) is 11.9 Å². The van der Waals surface area contributed by atoms with Gasteiger partial charge in [-0.05, 0) is 31.7 Å². The molecule has 0 spiro atoms. The maximum Gasteiger partial charge on any atom is 0.324 e. The number of piperidine rings is 1. The number of oxazole rings is 1. The highest BCUT2D eigenvalue weighted by Crippen LogP contribution is 2.36. The van der Waals surface area contributed by atoms with Crippen LogP contribution in [-0.4, -0.2) is 57.0 Å². The van der Waals surface area contributed by atoms with Gasteiger partial charge in [0.1, 0.15) is 0 Å². The molecule has 32 heavy (non-hydrogen) atoms. The Bertz CT molecular complexity index is 1120. The van der Waals surface area contributed by atoms with E-state index in [4.69, 9.17) is 4.42 Å². The fourth-order valence-corrected chi connectivity index (χ4v) is 4.82. The highest BCUT2D eigenvalue weighted by atomic mass is 19.3. The number of fused-ring (bicyclic) bond motifs is 3. The number of aryl methyl sites for hydroxylation is 1. The Balaban J connectivity index is 1.29. The molecule has 168 valence electrons. The first-order valence-corrected chi connectivity index (χ1v) is 10.8. The Morgan fingerprint density at radius 3 is 2.69 bits per heavy atom. The zero-order chi connectivity index (χ0) is 22.2. The molecule has 2 amide bonds. The van der Waals surface area contributed by atoms with Crippen LogP contribution in [0.1, 0.15) is 31.6 Å². The lowest BCUT2D eigenvalue weighted by molar-refractivity contribution is 0.115. The molecule has 4 heterocycles. The fraction of sp³-hybridized carbons (Fsp3) is 0.455. The molecule has 0 aliphatic carbocycles. The lowest BCUT2D eigenvalue weighted by Crippen LogP contribution is -2.53. The number of hydrogen-bond acceptors (Lipinski definition) is 6. The third-order valence-corrected chi connectivity index (χ3v) is 6.24. The third kappa shape index (κ3) is 4.14. The van der Waals surface area contributed by atoms with Crippen LogP contribution in [0.5, 0.6) is 0 Å². The van der Waals surface area contributed by atoms with Crippen molar-refractivity contribution < 1.29 is 18.0 Å². The average molecular weight is 442 g/mol. The number of aromatic nitrogens is 3. The predicted molar refractivity (Wildman–Crippen MR) is 114 cm³/mol. The Morgan fingerprint density at radius 2 is 2.00 bits per heavy atom. The van der Waals surface area contributed by atoms with Gasteiger partial charge in [0, 0.05) is 42.2 Å². The zero-order valence-electron chi connectivity index (χ0n) is 17.6. The summed E-state index contributed by atoms with van der Waals surface area (Å²) in [5.41, 5.74) is 1.52. The molecule has 0 radical (unpaired) electrons. The molecule has 0 saturated carbocycles. The van der Waals surface area contributed by atoms with Gasteiger partial charge in [0.05, 0.1) is 18.3 Å². The summed E-state index contributed by atoms with van der Waals surface area (Å²) in [5, 5.41) is 6.59. The first kappa shape index (κ1) is 20.7. The highest BCUT2D eigenvalue weighted by Gasteiger charge is 2.43. The van der Waals surface area contributed by atoms with Crippen molar-refractivity contribution in [1.82, 2.24) is 25.2 Å². The number of benzene rings is 1. The molecule has 2 saturated heterocycles. The molecule has 10 heteroatoms. The van der Waals surface area contributed by atoms with Crippen LogP contribution < -0.4 is 10.6 Å². The van der Waals surface area contributed by atoms with Gasteiger partial charge in [-0.2, -0.15) is 0 Å². The molecule has 2 aromatic heterocycles. The van der Waals surface area contributed by atoms with E-state index in [-0.39, 0.29) is 36.6 Å². The van der Waals surface area contributed by atoms with E-state index in [0.717, 1.165) is 23.8 Å². The van der Waals surface area contributed by atoms with Gasteiger partial charge in [-0.1, -0.05) is 12.1 Å². The van der Waals surface area contributed by atoms with E-state index in [9.17, 15) is 13.6 Å². The second-order valence-corrected chi connectivity index (χ2v) is 8.40. The summed E-state index contributed by atoms with van der Waals surface area (Å²) in [6.45, 7) is 1.47. The number of nitrogens with one attached hydrogen (secondary N) is 2. The number of halogens is 2. The smallest absolute Gasteiger partial charge is 0.324 e. The van der Waals surface area contributed by atoms with E-state index in [1.54, 1.807) is 19.3 Å². The van der Waals surface area contributed by atoms with E-state index in [2.05, 4.69) is 25.6 Å². The van der Waals surface area contributed by atoms with Crippen molar-refractivity contribution in [3.05, 3.63) is 36.5 Å². The summed E-state index contributed by atoms with van der Waals surface area (Å²) < 4.78 is 30.6. The van der Waals surface area contributed by atoms with Crippen LogP contribution >= 0.6 is 0 Å². The van der Waals surface area contributed by atoms with Crippen molar-refractivity contribution in [1.29, 1.82) is 0 Å². The molecule has 3 atom stereocenters. The monoisotopic (exact) mass is 442 g/mol. The number of alkyl halides is 2. The maximum atomic E-state index is 13.0. The van der Waals surface area contributed by atoms with Gasteiger partial charge < -0.3 is 14.6 Å². The Morgan fingerprint density at radius 1 is 1.22 bits per heavy atom. The van der Waals surface area contributed by atoms with E-state index in [0.29, 0.717) is 30.0 Å². The minimum absolute atomic E-state index is 0.0145. The molecule has 2 bridgehead atoms. The van der Waals surface area contributed by atoms with E-state index in [1.165, 1.54) is 0 Å². The van der Waals surface area contributed by atoms with Crippen LogP contribution in [0.2, 0.25) is 0 Å². The van der Waals surface area contributed by atoms with Gasteiger partial charge in [0.25, 0.3) is 6.43 Å². The maximum absolute atomic E-state index is 13.0. The molecule has 2 aliphatic rings. The number of hydrogen-bond donors (Lipinski definition) is 2. The molecular weight excluding hydrogens is 418 g/mol. The van der Waals surface area contributed by atoms with Crippen LogP contribution in [-0.2, 0) is 0 Å². The van der Waals surface area contributed by atoms with Crippen LogP contribution in [0.15, 0.2) is 35.0 Å². The van der Waals surface area contributed by atoms with Crippen LogP contribution in [0.4, 0.5) is 19.5 Å². The average Bonchev–Trinajstić information content (AvgIpc) is 3.32. The molecule has 8 nitrogen and oxygen atoms in total. The predicted octanol–water partition coefficient (Wildman–Crippen LogP) is 3.98. The number of anilines is 1. The molecule has 3 aromatic rings. The molecular formula is C22H24F2N6O2.